The van der Waals surface area contributed by atoms with E-state index in [0.717, 1.165) is 19.3 Å². The number of allylic oxidation sites excluding steroid dienone is 2. The summed E-state index contributed by atoms with van der Waals surface area (Å²) in [4.78, 5) is 9.28. The van der Waals surface area contributed by atoms with Gasteiger partial charge in [0, 0.05) is 0 Å². The molecular weight excluding hydrogens is 188 g/mol. The zero-order valence-electron chi connectivity index (χ0n) is 8.74. The molecule has 0 saturated heterocycles. The predicted octanol–water partition coefficient (Wildman–Crippen LogP) is 1.99. The minimum atomic E-state index is -0.975. The SMILES string of the molecule is CCCC=C(Cc1ccccc1)[SiH2]O. The molecule has 0 aliphatic heterocycles. The number of rotatable bonds is 5. The van der Waals surface area contributed by atoms with Crippen LogP contribution in [0.2, 0.25) is 0 Å². The number of unbranched alkanes of at least 4 members (excludes halogenated alkanes) is 1. The lowest BCUT2D eigenvalue weighted by Crippen LogP contribution is -1.99. The maximum atomic E-state index is 9.28. The largest absolute Gasteiger partial charge is 0.434 e. The molecule has 0 aliphatic carbocycles. The fourth-order valence-electron chi connectivity index (χ4n) is 1.40. The van der Waals surface area contributed by atoms with Gasteiger partial charge in [0.25, 0.3) is 0 Å². The maximum absolute atomic E-state index is 9.28. The third-order valence-corrected chi connectivity index (χ3v) is 3.14. The van der Waals surface area contributed by atoms with E-state index in [9.17, 15) is 4.80 Å². The minimum absolute atomic E-state index is 0.934. The van der Waals surface area contributed by atoms with Gasteiger partial charge in [-0.15, -0.1) is 0 Å². The molecule has 0 unspecified atom stereocenters. The molecule has 2 heteroatoms. The highest BCUT2D eigenvalue weighted by atomic mass is 28.2. The van der Waals surface area contributed by atoms with Gasteiger partial charge in [0.05, 0.1) is 0 Å². The summed E-state index contributed by atoms with van der Waals surface area (Å²) in [5.74, 6) is 0. The van der Waals surface area contributed by atoms with Gasteiger partial charge in [0.2, 0.25) is 0 Å². The van der Waals surface area contributed by atoms with Crippen molar-refractivity contribution in [1.82, 2.24) is 0 Å². The van der Waals surface area contributed by atoms with Gasteiger partial charge in [-0.3, -0.25) is 0 Å². The lowest BCUT2D eigenvalue weighted by Gasteiger charge is -2.03. The normalized spacial score (nSPS) is 12.6. The van der Waals surface area contributed by atoms with E-state index in [1.807, 2.05) is 18.2 Å². The first-order chi connectivity index (χ1) is 6.86. The van der Waals surface area contributed by atoms with Crippen LogP contribution in [-0.4, -0.2) is 14.6 Å². The molecule has 0 fully saturated rings. The Morgan fingerprint density at radius 3 is 2.64 bits per heavy atom. The van der Waals surface area contributed by atoms with E-state index in [4.69, 9.17) is 0 Å². The molecule has 1 aromatic carbocycles. The van der Waals surface area contributed by atoms with Gasteiger partial charge in [-0.2, -0.15) is 0 Å². The highest BCUT2D eigenvalue weighted by Gasteiger charge is 1.97. The van der Waals surface area contributed by atoms with Crippen LogP contribution in [0.15, 0.2) is 41.6 Å². The zero-order valence-corrected chi connectivity index (χ0v) is 10.2. The van der Waals surface area contributed by atoms with Gasteiger partial charge < -0.3 is 4.80 Å². The van der Waals surface area contributed by atoms with Crippen molar-refractivity contribution in [2.75, 3.05) is 0 Å². The zero-order chi connectivity index (χ0) is 10.2. The van der Waals surface area contributed by atoms with Gasteiger partial charge in [-0.1, -0.05) is 54.9 Å². The van der Waals surface area contributed by atoms with E-state index in [-0.39, 0.29) is 0 Å². The van der Waals surface area contributed by atoms with Gasteiger partial charge in [-0.25, -0.2) is 0 Å². The van der Waals surface area contributed by atoms with Gasteiger partial charge >= 0.3 is 0 Å². The maximum Gasteiger partial charge on any atom is 0.183 e. The van der Waals surface area contributed by atoms with E-state index in [2.05, 4.69) is 25.1 Å². The van der Waals surface area contributed by atoms with E-state index in [0.29, 0.717) is 0 Å². The Labute approximate surface area is 88.4 Å². The number of benzene rings is 1. The second-order valence-electron chi connectivity index (χ2n) is 3.47. The molecule has 0 radical (unpaired) electrons. The summed E-state index contributed by atoms with van der Waals surface area (Å²) >= 11 is 0. The Morgan fingerprint density at radius 1 is 1.36 bits per heavy atom. The van der Waals surface area contributed by atoms with Crippen LogP contribution in [0, 0.1) is 0 Å². The van der Waals surface area contributed by atoms with Crippen molar-refractivity contribution in [1.29, 1.82) is 0 Å². The summed E-state index contributed by atoms with van der Waals surface area (Å²) in [7, 11) is -0.975. The van der Waals surface area contributed by atoms with E-state index in [1.54, 1.807) is 0 Å². The van der Waals surface area contributed by atoms with Crippen LogP contribution >= 0.6 is 0 Å². The summed E-state index contributed by atoms with van der Waals surface area (Å²) in [5, 5.41) is 1.26. The van der Waals surface area contributed by atoms with Gasteiger partial charge in [-0.05, 0) is 18.4 Å². The molecule has 1 aromatic rings. The molecule has 0 aromatic heterocycles. The van der Waals surface area contributed by atoms with Crippen LogP contribution in [0.4, 0.5) is 0 Å². The molecule has 0 bridgehead atoms. The van der Waals surface area contributed by atoms with E-state index >= 15 is 0 Å². The average Bonchev–Trinajstić information content (AvgIpc) is 2.25. The summed E-state index contributed by atoms with van der Waals surface area (Å²) in [6, 6.07) is 10.3. The molecule has 1 nitrogen and oxygen atoms in total. The Bertz CT molecular complexity index is 280. The predicted molar refractivity (Wildman–Crippen MR) is 63.9 cm³/mol. The van der Waals surface area contributed by atoms with E-state index < -0.39 is 9.76 Å². The molecule has 1 rings (SSSR count). The summed E-state index contributed by atoms with van der Waals surface area (Å²) in [5.41, 5.74) is 1.30. The van der Waals surface area contributed by atoms with Crippen LogP contribution < -0.4 is 0 Å². The Balaban J connectivity index is 2.57. The molecule has 1 N–H and O–H groups in total. The van der Waals surface area contributed by atoms with E-state index in [1.165, 1.54) is 10.8 Å². The van der Waals surface area contributed by atoms with Crippen molar-refractivity contribution in [2.45, 2.75) is 26.2 Å². The Kier molecular flexibility index (Phi) is 5.26. The van der Waals surface area contributed by atoms with Crippen molar-refractivity contribution >= 4 is 9.76 Å². The fourth-order valence-corrected chi connectivity index (χ4v) is 2.13. The summed E-state index contributed by atoms with van der Waals surface area (Å²) < 4.78 is 0. The Morgan fingerprint density at radius 2 is 2.07 bits per heavy atom. The van der Waals surface area contributed by atoms with Crippen molar-refractivity contribution in [3.63, 3.8) is 0 Å². The van der Waals surface area contributed by atoms with Crippen molar-refractivity contribution in [2.24, 2.45) is 0 Å². The minimum Gasteiger partial charge on any atom is -0.434 e. The second kappa shape index (κ2) is 6.57. The lowest BCUT2D eigenvalue weighted by atomic mass is 10.1. The highest BCUT2D eigenvalue weighted by molar-refractivity contribution is 6.36. The smallest absolute Gasteiger partial charge is 0.183 e. The Hall–Kier alpha value is -0.863. The fraction of sp³-hybridized carbons (Fsp3) is 0.333. The van der Waals surface area contributed by atoms with Crippen molar-refractivity contribution in [3.8, 4) is 0 Å². The first kappa shape index (κ1) is 11.2. The second-order valence-corrected chi connectivity index (χ2v) is 4.70. The average molecular weight is 206 g/mol. The van der Waals surface area contributed by atoms with Crippen LogP contribution in [0.5, 0.6) is 0 Å². The van der Waals surface area contributed by atoms with Crippen molar-refractivity contribution < 1.29 is 4.80 Å². The molecule has 0 heterocycles. The molecule has 0 atom stereocenters. The van der Waals surface area contributed by atoms with Gasteiger partial charge in [0.1, 0.15) is 0 Å². The van der Waals surface area contributed by atoms with Crippen LogP contribution in [0.1, 0.15) is 25.3 Å². The van der Waals surface area contributed by atoms with Crippen LogP contribution in [0.3, 0.4) is 0 Å². The third kappa shape index (κ3) is 3.90. The molecule has 0 saturated carbocycles. The first-order valence-corrected chi connectivity index (χ1v) is 6.53. The van der Waals surface area contributed by atoms with Crippen molar-refractivity contribution in [3.05, 3.63) is 47.2 Å². The van der Waals surface area contributed by atoms with Crippen LogP contribution in [0.25, 0.3) is 0 Å². The number of hydrogen-bond donors (Lipinski definition) is 1. The molecule has 14 heavy (non-hydrogen) atoms. The lowest BCUT2D eigenvalue weighted by molar-refractivity contribution is 0.608. The summed E-state index contributed by atoms with van der Waals surface area (Å²) in [6.07, 6.45) is 5.39. The monoisotopic (exact) mass is 206 g/mol. The van der Waals surface area contributed by atoms with Crippen LogP contribution in [-0.2, 0) is 6.42 Å². The molecule has 76 valence electrons. The quantitative estimate of drug-likeness (QED) is 0.731. The molecule has 0 spiro atoms. The molecular formula is C12H18OSi. The molecule has 0 aliphatic rings. The highest BCUT2D eigenvalue weighted by Crippen LogP contribution is 2.07. The molecule has 0 amide bonds. The standard InChI is InChI=1S/C12H18OSi/c1-2-3-9-12(14-13)10-11-7-5-4-6-8-11/h4-9,13H,2-3,10,14H2,1H3. The number of hydrogen-bond acceptors (Lipinski definition) is 1. The summed E-state index contributed by atoms with van der Waals surface area (Å²) in [6.45, 7) is 2.16. The van der Waals surface area contributed by atoms with Gasteiger partial charge in [0.15, 0.2) is 9.76 Å². The topological polar surface area (TPSA) is 20.2 Å². The first-order valence-electron chi connectivity index (χ1n) is 5.19. The third-order valence-electron chi connectivity index (χ3n) is 2.20.